The van der Waals surface area contributed by atoms with Gasteiger partial charge in [0, 0.05) is 17.3 Å². The van der Waals surface area contributed by atoms with Crippen molar-refractivity contribution in [2.75, 3.05) is 5.73 Å². The molecule has 1 aliphatic carbocycles. The monoisotopic (exact) mass is 274 g/mol. The first-order valence-corrected chi connectivity index (χ1v) is 6.99. The predicted molar refractivity (Wildman–Crippen MR) is 82.5 cm³/mol. The van der Waals surface area contributed by atoms with Crippen LogP contribution in [0.25, 0.3) is 22.6 Å². The molecule has 21 heavy (non-hydrogen) atoms. The van der Waals surface area contributed by atoms with E-state index in [9.17, 15) is 0 Å². The van der Waals surface area contributed by atoms with Gasteiger partial charge in [-0.1, -0.05) is 30.3 Å². The molecule has 0 fully saturated rings. The smallest absolute Gasteiger partial charge is 0.221 e. The molecule has 4 rings (SSSR count). The van der Waals surface area contributed by atoms with Crippen LogP contribution in [0.4, 0.5) is 5.95 Å². The molecule has 0 aliphatic heterocycles. The Kier molecular flexibility index (Phi) is 2.67. The van der Waals surface area contributed by atoms with Gasteiger partial charge in [0.2, 0.25) is 5.95 Å². The average molecular weight is 274 g/mol. The number of nitrogens with two attached hydrogens (primary N) is 1. The third-order valence-electron chi connectivity index (χ3n) is 3.85. The molecule has 2 aromatic heterocycles. The van der Waals surface area contributed by atoms with Crippen molar-refractivity contribution in [2.45, 2.75) is 12.8 Å². The number of benzene rings is 1. The zero-order valence-electron chi connectivity index (χ0n) is 11.5. The highest BCUT2D eigenvalue weighted by molar-refractivity contribution is 5.77. The summed E-state index contributed by atoms with van der Waals surface area (Å²) in [5.41, 5.74) is 12.2. The molecule has 0 radical (unpaired) electrons. The second kappa shape index (κ2) is 4.66. The Morgan fingerprint density at radius 1 is 0.857 bits per heavy atom. The van der Waals surface area contributed by atoms with Crippen molar-refractivity contribution in [3.8, 4) is 22.6 Å². The van der Waals surface area contributed by atoms with Crippen LogP contribution in [0.2, 0.25) is 0 Å². The maximum Gasteiger partial charge on any atom is 0.221 e. The van der Waals surface area contributed by atoms with Gasteiger partial charge in [-0.05, 0) is 30.5 Å². The van der Waals surface area contributed by atoms with Gasteiger partial charge in [0.25, 0.3) is 0 Å². The fourth-order valence-corrected chi connectivity index (χ4v) is 2.90. The molecule has 0 saturated heterocycles. The molecule has 0 bridgehead atoms. The van der Waals surface area contributed by atoms with E-state index in [2.05, 4.69) is 33.2 Å². The van der Waals surface area contributed by atoms with Crippen molar-refractivity contribution in [3.05, 3.63) is 59.8 Å². The van der Waals surface area contributed by atoms with Gasteiger partial charge < -0.3 is 5.73 Å². The number of anilines is 1. The molecule has 4 nitrogen and oxygen atoms in total. The molecule has 4 heteroatoms. The van der Waals surface area contributed by atoms with Crippen molar-refractivity contribution in [3.63, 3.8) is 0 Å². The van der Waals surface area contributed by atoms with E-state index < -0.39 is 0 Å². The Hall–Kier alpha value is -2.75. The number of aryl methyl sites for hydroxylation is 1. The SMILES string of the molecule is Nc1nc(-c2ccccn2)c2c(n1)-c1ccccc1CC2. The van der Waals surface area contributed by atoms with Crippen molar-refractivity contribution >= 4 is 5.95 Å². The molecule has 1 aromatic carbocycles. The third kappa shape index (κ3) is 1.96. The minimum atomic E-state index is 0.297. The molecule has 0 unspecified atom stereocenters. The van der Waals surface area contributed by atoms with Crippen LogP contribution in [0.15, 0.2) is 48.7 Å². The summed E-state index contributed by atoms with van der Waals surface area (Å²) in [5, 5.41) is 0. The summed E-state index contributed by atoms with van der Waals surface area (Å²) >= 11 is 0. The summed E-state index contributed by atoms with van der Waals surface area (Å²) in [5.74, 6) is 0.297. The first-order valence-electron chi connectivity index (χ1n) is 6.99. The number of hydrogen-bond donors (Lipinski definition) is 1. The van der Waals surface area contributed by atoms with Gasteiger partial charge in [-0.15, -0.1) is 0 Å². The molecule has 3 aromatic rings. The quantitative estimate of drug-likeness (QED) is 0.741. The summed E-state index contributed by atoms with van der Waals surface area (Å²) < 4.78 is 0. The average Bonchev–Trinajstić information content (AvgIpc) is 2.55. The third-order valence-corrected chi connectivity index (χ3v) is 3.85. The largest absolute Gasteiger partial charge is 0.368 e. The molecular weight excluding hydrogens is 260 g/mol. The maximum absolute atomic E-state index is 5.93. The van der Waals surface area contributed by atoms with Gasteiger partial charge in [0.1, 0.15) is 0 Å². The van der Waals surface area contributed by atoms with Crippen molar-refractivity contribution < 1.29 is 0 Å². The lowest BCUT2D eigenvalue weighted by molar-refractivity contribution is 0.915. The summed E-state index contributed by atoms with van der Waals surface area (Å²) in [6.45, 7) is 0. The lowest BCUT2D eigenvalue weighted by Gasteiger charge is -2.21. The fourth-order valence-electron chi connectivity index (χ4n) is 2.90. The minimum Gasteiger partial charge on any atom is -0.368 e. The summed E-state index contributed by atoms with van der Waals surface area (Å²) in [4.78, 5) is 13.3. The number of aromatic nitrogens is 3. The van der Waals surface area contributed by atoms with Crippen LogP contribution in [-0.4, -0.2) is 15.0 Å². The van der Waals surface area contributed by atoms with E-state index >= 15 is 0 Å². The van der Waals surface area contributed by atoms with Gasteiger partial charge >= 0.3 is 0 Å². The van der Waals surface area contributed by atoms with Crippen molar-refractivity contribution in [2.24, 2.45) is 0 Å². The highest BCUT2D eigenvalue weighted by atomic mass is 15.0. The minimum absolute atomic E-state index is 0.297. The highest BCUT2D eigenvalue weighted by Crippen LogP contribution is 2.36. The highest BCUT2D eigenvalue weighted by Gasteiger charge is 2.22. The first-order chi connectivity index (χ1) is 10.3. The van der Waals surface area contributed by atoms with E-state index in [-0.39, 0.29) is 0 Å². The molecule has 1 aliphatic rings. The fraction of sp³-hybridized carbons (Fsp3) is 0.118. The van der Waals surface area contributed by atoms with E-state index in [1.165, 1.54) is 5.56 Å². The molecule has 0 atom stereocenters. The van der Waals surface area contributed by atoms with Crippen LogP contribution in [0, 0.1) is 0 Å². The summed E-state index contributed by atoms with van der Waals surface area (Å²) in [6.07, 6.45) is 3.69. The molecule has 2 heterocycles. The van der Waals surface area contributed by atoms with Gasteiger partial charge in [-0.2, -0.15) is 0 Å². The van der Waals surface area contributed by atoms with E-state index in [0.717, 1.165) is 41.1 Å². The molecular formula is C17H14N4. The first kappa shape index (κ1) is 12.0. The Bertz CT molecular complexity index is 795. The number of rotatable bonds is 1. The van der Waals surface area contributed by atoms with Crippen molar-refractivity contribution in [1.29, 1.82) is 0 Å². The Morgan fingerprint density at radius 2 is 1.67 bits per heavy atom. The standard InChI is InChI=1S/C17H14N4/c18-17-20-15-12-6-2-1-5-11(12)8-9-13(15)16(21-17)14-7-3-4-10-19-14/h1-7,10H,8-9H2,(H2,18,20,21). The van der Waals surface area contributed by atoms with Crippen LogP contribution in [-0.2, 0) is 12.8 Å². The Balaban J connectivity index is 1.99. The predicted octanol–water partition coefficient (Wildman–Crippen LogP) is 2.89. The van der Waals surface area contributed by atoms with E-state index in [0.29, 0.717) is 5.95 Å². The van der Waals surface area contributed by atoms with Crippen LogP contribution >= 0.6 is 0 Å². The Morgan fingerprint density at radius 3 is 2.52 bits per heavy atom. The second-order valence-corrected chi connectivity index (χ2v) is 5.13. The van der Waals surface area contributed by atoms with Gasteiger partial charge in [-0.3, -0.25) is 4.98 Å². The number of pyridine rings is 1. The molecule has 2 N–H and O–H groups in total. The van der Waals surface area contributed by atoms with Gasteiger partial charge in [0.05, 0.1) is 17.1 Å². The van der Waals surface area contributed by atoms with Crippen LogP contribution in [0.1, 0.15) is 11.1 Å². The molecule has 0 spiro atoms. The maximum atomic E-state index is 5.93. The zero-order valence-corrected chi connectivity index (χ0v) is 11.5. The molecule has 0 saturated carbocycles. The van der Waals surface area contributed by atoms with E-state index in [1.54, 1.807) is 6.20 Å². The second-order valence-electron chi connectivity index (χ2n) is 5.13. The zero-order chi connectivity index (χ0) is 14.2. The van der Waals surface area contributed by atoms with Crippen LogP contribution < -0.4 is 5.73 Å². The number of hydrogen-bond acceptors (Lipinski definition) is 4. The number of nitrogen functional groups attached to an aromatic ring is 1. The lowest BCUT2D eigenvalue weighted by atomic mass is 9.87. The number of fused-ring (bicyclic) bond motifs is 3. The normalized spacial score (nSPS) is 12.6. The molecule has 0 amide bonds. The topological polar surface area (TPSA) is 64.7 Å². The van der Waals surface area contributed by atoms with E-state index in [1.807, 2.05) is 24.3 Å². The van der Waals surface area contributed by atoms with Crippen LogP contribution in [0.3, 0.4) is 0 Å². The summed E-state index contributed by atoms with van der Waals surface area (Å²) in [7, 11) is 0. The lowest BCUT2D eigenvalue weighted by Crippen LogP contribution is -2.11. The van der Waals surface area contributed by atoms with Gasteiger partial charge in [-0.25, -0.2) is 9.97 Å². The number of nitrogens with zero attached hydrogens (tertiary/aromatic N) is 3. The van der Waals surface area contributed by atoms with E-state index in [4.69, 9.17) is 5.73 Å². The Labute approximate surface area is 122 Å². The van der Waals surface area contributed by atoms with Crippen LogP contribution in [0.5, 0.6) is 0 Å². The van der Waals surface area contributed by atoms with Gasteiger partial charge in [0.15, 0.2) is 0 Å². The summed E-state index contributed by atoms with van der Waals surface area (Å²) in [6, 6.07) is 14.2. The van der Waals surface area contributed by atoms with Crippen molar-refractivity contribution in [1.82, 2.24) is 15.0 Å². The molecule has 102 valence electrons.